The molecule has 0 bridgehead atoms. The average molecular weight is 359 g/mol. The van der Waals surface area contributed by atoms with Gasteiger partial charge < -0.3 is 15.1 Å². The van der Waals surface area contributed by atoms with Gasteiger partial charge in [0, 0.05) is 37.9 Å². The van der Waals surface area contributed by atoms with E-state index in [9.17, 15) is 18.4 Å². The van der Waals surface area contributed by atoms with Crippen molar-refractivity contribution >= 4 is 17.6 Å². The number of hydrogen-bond acceptors (Lipinski definition) is 2. The number of rotatable bonds is 2. The Balaban J connectivity index is 1.58. The normalized spacial score (nSPS) is 14.3. The van der Waals surface area contributed by atoms with E-state index in [4.69, 9.17) is 0 Å². The van der Waals surface area contributed by atoms with E-state index in [-0.39, 0.29) is 24.7 Å². The van der Waals surface area contributed by atoms with Crippen molar-refractivity contribution in [1.82, 2.24) is 9.80 Å². The number of aryl methyl sites for hydroxylation is 1. The number of carbonyl (C=O) groups excluding carboxylic acids is 2. The van der Waals surface area contributed by atoms with Crippen LogP contribution in [-0.4, -0.2) is 47.9 Å². The second-order valence-electron chi connectivity index (χ2n) is 6.20. The number of benzene rings is 2. The molecule has 2 aromatic rings. The van der Waals surface area contributed by atoms with Gasteiger partial charge in [0.15, 0.2) is 0 Å². The van der Waals surface area contributed by atoms with Crippen LogP contribution in [-0.2, 0) is 0 Å². The summed E-state index contributed by atoms with van der Waals surface area (Å²) in [6, 6.07) is 10.1. The highest BCUT2D eigenvalue weighted by atomic mass is 19.1. The monoisotopic (exact) mass is 359 g/mol. The first-order valence-corrected chi connectivity index (χ1v) is 8.31. The van der Waals surface area contributed by atoms with Gasteiger partial charge in [-0.3, -0.25) is 4.79 Å². The molecule has 0 saturated carbocycles. The van der Waals surface area contributed by atoms with Crippen LogP contribution in [0.25, 0.3) is 0 Å². The van der Waals surface area contributed by atoms with Crippen molar-refractivity contribution in [3.05, 3.63) is 65.2 Å². The molecule has 7 heteroatoms. The van der Waals surface area contributed by atoms with Gasteiger partial charge in [-0.15, -0.1) is 0 Å². The van der Waals surface area contributed by atoms with Crippen LogP contribution in [0.5, 0.6) is 0 Å². The molecule has 2 aromatic carbocycles. The molecule has 1 saturated heterocycles. The van der Waals surface area contributed by atoms with Gasteiger partial charge in [-0.25, -0.2) is 13.6 Å². The smallest absolute Gasteiger partial charge is 0.321 e. The largest absolute Gasteiger partial charge is 0.335 e. The van der Waals surface area contributed by atoms with Gasteiger partial charge in [-0.1, -0.05) is 12.1 Å². The summed E-state index contributed by atoms with van der Waals surface area (Å²) in [5.74, 6) is -2.10. The van der Waals surface area contributed by atoms with Gasteiger partial charge in [-0.2, -0.15) is 0 Å². The summed E-state index contributed by atoms with van der Waals surface area (Å²) in [5.41, 5.74) is 1.59. The quantitative estimate of drug-likeness (QED) is 0.895. The SMILES string of the molecule is Cc1cccc(NC(=O)N2CCN(C(=O)c3ccc(F)cc3F)CC2)c1. The molecule has 0 unspecified atom stereocenters. The third-order valence-electron chi connectivity index (χ3n) is 4.28. The molecule has 3 amide bonds. The first-order valence-electron chi connectivity index (χ1n) is 8.31. The fraction of sp³-hybridized carbons (Fsp3) is 0.263. The highest BCUT2D eigenvalue weighted by Gasteiger charge is 2.26. The molecule has 5 nitrogen and oxygen atoms in total. The molecule has 136 valence electrons. The maximum absolute atomic E-state index is 13.8. The molecule has 3 rings (SSSR count). The van der Waals surface area contributed by atoms with Gasteiger partial charge in [0.25, 0.3) is 5.91 Å². The summed E-state index contributed by atoms with van der Waals surface area (Å²) >= 11 is 0. The van der Waals surface area contributed by atoms with Crippen LogP contribution in [0.2, 0.25) is 0 Å². The van der Waals surface area contributed by atoms with Crippen LogP contribution in [0.3, 0.4) is 0 Å². The lowest BCUT2D eigenvalue weighted by Crippen LogP contribution is -2.51. The average Bonchev–Trinajstić information content (AvgIpc) is 2.61. The number of halogens is 2. The van der Waals surface area contributed by atoms with Crippen LogP contribution in [0.1, 0.15) is 15.9 Å². The van der Waals surface area contributed by atoms with Gasteiger partial charge in [-0.05, 0) is 36.8 Å². The van der Waals surface area contributed by atoms with Crippen LogP contribution in [0, 0.1) is 18.6 Å². The van der Waals surface area contributed by atoms with Crippen LogP contribution in [0.15, 0.2) is 42.5 Å². The summed E-state index contributed by atoms with van der Waals surface area (Å²) in [4.78, 5) is 27.8. The van der Waals surface area contributed by atoms with Crippen molar-refractivity contribution in [2.24, 2.45) is 0 Å². The van der Waals surface area contributed by atoms with Crippen molar-refractivity contribution in [2.45, 2.75) is 6.92 Å². The topological polar surface area (TPSA) is 52.7 Å². The minimum absolute atomic E-state index is 0.163. The first-order chi connectivity index (χ1) is 12.4. The van der Waals surface area contributed by atoms with E-state index in [1.54, 1.807) is 4.90 Å². The van der Waals surface area contributed by atoms with E-state index in [0.29, 0.717) is 24.8 Å². The zero-order valence-electron chi connectivity index (χ0n) is 14.3. The van der Waals surface area contributed by atoms with Crippen molar-refractivity contribution in [3.63, 3.8) is 0 Å². The van der Waals surface area contributed by atoms with Crippen molar-refractivity contribution < 1.29 is 18.4 Å². The lowest BCUT2D eigenvalue weighted by atomic mass is 10.1. The highest BCUT2D eigenvalue weighted by Crippen LogP contribution is 2.15. The van der Waals surface area contributed by atoms with Gasteiger partial charge in [0.1, 0.15) is 11.6 Å². The molecule has 1 aliphatic heterocycles. The lowest BCUT2D eigenvalue weighted by Gasteiger charge is -2.34. The molecule has 0 spiro atoms. The molecular weight excluding hydrogens is 340 g/mol. The number of nitrogens with zero attached hydrogens (tertiary/aromatic N) is 2. The maximum Gasteiger partial charge on any atom is 0.321 e. The molecular formula is C19H19F2N3O2. The maximum atomic E-state index is 13.8. The minimum Gasteiger partial charge on any atom is -0.335 e. The van der Waals surface area contributed by atoms with E-state index >= 15 is 0 Å². The predicted molar refractivity (Wildman–Crippen MR) is 94.0 cm³/mol. The van der Waals surface area contributed by atoms with E-state index in [1.165, 1.54) is 4.90 Å². The van der Waals surface area contributed by atoms with Gasteiger partial charge in [0.2, 0.25) is 0 Å². The summed E-state index contributed by atoms with van der Waals surface area (Å²) < 4.78 is 26.8. The summed E-state index contributed by atoms with van der Waals surface area (Å²) in [7, 11) is 0. The van der Waals surface area contributed by atoms with Crippen molar-refractivity contribution in [1.29, 1.82) is 0 Å². The number of hydrogen-bond donors (Lipinski definition) is 1. The van der Waals surface area contributed by atoms with Crippen LogP contribution in [0.4, 0.5) is 19.3 Å². The third kappa shape index (κ3) is 3.99. The third-order valence-corrected chi connectivity index (χ3v) is 4.28. The Morgan fingerprint density at radius 3 is 2.31 bits per heavy atom. The molecule has 26 heavy (non-hydrogen) atoms. The second-order valence-corrected chi connectivity index (χ2v) is 6.20. The Kier molecular flexibility index (Phi) is 5.16. The molecule has 0 aromatic heterocycles. The standard InChI is InChI=1S/C19H19F2N3O2/c1-13-3-2-4-15(11-13)22-19(26)24-9-7-23(8-10-24)18(25)16-6-5-14(20)12-17(16)21/h2-6,11-12H,7-10H2,1H3,(H,22,26). The Hall–Kier alpha value is -2.96. The van der Waals surface area contributed by atoms with E-state index in [2.05, 4.69) is 5.32 Å². The summed E-state index contributed by atoms with van der Waals surface area (Å²) in [5, 5.41) is 2.83. The molecule has 1 N–H and O–H groups in total. The van der Waals surface area contributed by atoms with Gasteiger partial charge in [0.05, 0.1) is 5.56 Å². The second kappa shape index (κ2) is 7.51. The van der Waals surface area contributed by atoms with E-state index < -0.39 is 17.5 Å². The first kappa shape index (κ1) is 17.8. The number of anilines is 1. The molecule has 1 aliphatic rings. The van der Waals surface area contributed by atoms with Crippen LogP contribution >= 0.6 is 0 Å². The number of amides is 3. The minimum atomic E-state index is -0.880. The van der Waals surface area contributed by atoms with Crippen molar-refractivity contribution in [3.8, 4) is 0 Å². The number of nitrogens with one attached hydrogen (secondary N) is 1. The number of piperazine rings is 1. The zero-order valence-corrected chi connectivity index (χ0v) is 14.3. The molecule has 1 fully saturated rings. The fourth-order valence-corrected chi connectivity index (χ4v) is 2.87. The van der Waals surface area contributed by atoms with Gasteiger partial charge >= 0.3 is 6.03 Å². The number of urea groups is 1. The Morgan fingerprint density at radius 1 is 0.962 bits per heavy atom. The summed E-state index contributed by atoms with van der Waals surface area (Å²) in [6.45, 7) is 3.20. The lowest BCUT2D eigenvalue weighted by molar-refractivity contribution is 0.0667. The molecule has 1 heterocycles. The Morgan fingerprint density at radius 2 is 1.65 bits per heavy atom. The fourth-order valence-electron chi connectivity index (χ4n) is 2.87. The van der Waals surface area contributed by atoms with E-state index in [1.807, 2.05) is 31.2 Å². The predicted octanol–water partition coefficient (Wildman–Crippen LogP) is 3.26. The van der Waals surface area contributed by atoms with E-state index in [0.717, 1.165) is 17.7 Å². The summed E-state index contributed by atoms with van der Waals surface area (Å²) in [6.07, 6.45) is 0. The zero-order chi connectivity index (χ0) is 18.7. The molecule has 0 atom stereocenters. The molecule has 0 aliphatic carbocycles. The Labute approximate surface area is 150 Å². The number of carbonyl (C=O) groups is 2. The van der Waals surface area contributed by atoms with Crippen LogP contribution < -0.4 is 5.32 Å². The molecule has 0 radical (unpaired) electrons. The van der Waals surface area contributed by atoms with Crippen molar-refractivity contribution in [2.75, 3.05) is 31.5 Å². The Bertz CT molecular complexity index is 833. The highest BCUT2D eigenvalue weighted by molar-refractivity contribution is 5.95.